The van der Waals surface area contributed by atoms with Gasteiger partial charge in [-0.3, -0.25) is 9.59 Å². The number of hydrogen-bond donors (Lipinski definition) is 0. The molecule has 0 atom stereocenters. The van der Waals surface area contributed by atoms with Crippen LogP contribution in [0.5, 0.6) is 0 Å². The van der Waals surface area contributed by atoms with Crippen LogP contribution in [0.2, 0.25) is 0 Å². The monoisotopic (exact) mass is 404 g/mol. The van der Waals surface area contributed by atoms with Crippen LogP contribution in [0.1, 0.15) is 116 Å². The van der Waals surface area contributed by atoms with E-state index in [-0.39, 0.29) is 5.92 Å². The summed E-state index contributed by atoms with van der Waals surface area (Å²) in [5.74, 6) is 1.01. The standard InChI is InChI=1S/C25H44N2O2/c1-26(22-15-7-3-8-16-22)24(28)19-11-12-20-27(23-17-9-4-10-18-23)25(29)21-13-5-2-6-14-21/h21-23H,2-20H2,1H3. The van der Waals surface area contributed by atoms with Crippen LogP contribution in [0.4, 0.5) is 0 Å². The molecule has 0 heterocycles. The van der Waals surface area contributed by atoms with Crippen molar-refractivity contribution in [2.45, 2.75) is 128 Å². The van der Waals surface area contributed by atoms with Gasteiger partial charge >= 0.3 is 0 Å². The van der Waals surface area contributed by atoms with Crippen LogP contribution in [0.15, 0.2) is 0 Å². The summed E-state index contributed by atoms with van der Waals surface area (Å²) < 4.78 is 0. The molecule has 3 rings (SSSR count). The summed E-state index contributed by atoms with van der Waals surface area (Å²) in [6, 6.07) is 0.918. The summed E-state index contributed by atoms with van der Waals surface area (Å²) in [6.07, 6.45) is 20.9. The van der Waals surface area contributed by atoms with Crippen molar-refractivity contribution in [1.82, 2.24) is 9.80 Å². The van der Waals surface area contributed by atoms with Crippen LogP contribution in [0.25, 0.3) is 0 Å². The van der Waals surface area contributed by atoms with Gasteiger partial charge < -0.3 is 9.80 Å². The second kappa shape index (κ2) is 12.0. The van der Waals surface area contributed by atoms with Gasteiger partial charge in [-0.1, -0.05) is 57.8 Å². The molecule has 3 fully saturated rings. The van der Waals surface area contributed by atoms with E-state index in [0.717, 1.165) is 32.2 Å². The largest absolute Gasteiger partial charge is 0.343 e. The Labute approximate surface area is 178 Å². The first-order chi connectivity index (χ1) is 14.2. The SMILES string of the molecule is CN(C(=O)CCCCN(C(=O)C1CCCCC1)C1CCCCC1)C1CCCCC1. The highest BCUT2D eigenvalue weighted by Crippen LogP contribution is 2.30. The average molecular weight is 405 g/mol. The molecule has 3 aliphatic rings. The summed E-state index contributed by atoms with van der Waals surface area (Å²) in [7, 11) is 2.00. The Kier molecular flexibility index (Phi) is 9.33. The fraction of sp³-hybridized carbons (Fsp3) is 0.920. The Balaban J connectivity index is 1.46. The van der Waals surface area contributed by atoms with E-state index in [4.69, 9.17) is 0 Å². The minimum absolute atomic E-state index is 0.268. The molecule has 2 amide bonds. The van der Waals surface area contributed by atoms with Crippen molar-refractivity contribution in [1.29, 1.82) is 0 Å². The highest BCUT2D eigenvalue weighted by molar-refractivity contribution is 5.79. The Hall–Kier alpha value is -1.06. The van der Waals surface area contributed by atoms with Crippen LogP contribution in [0, 0.1) is 5.92 Å². The van der Waals surface area contributed by atoms with Gasteiger partial charge in [0, 0.05) is 38.0 Å². The number of hydrogen-bond acceptors (Lipinski definition) is 2. The maximum absolute atomic E-state index is 13.3. The van der Waals surface area contributed by atoms with Gasteiger partial charge in [0.2, 0.25) is 11.8 Å². The van der Waals surface area contributed by atoms with Crippen LogP contribution in [-0.4, -0.2) is 47.3 Å². The predicted molar refractivity (Wildman–Crippen MR) is 119 cm³/mol. The third kappa shape index (κ3) is 6.72. The molecular formula is C25H44N2O2. The highest BCUT2D eigenvalue weighted by atomic mass is 16.2. The summed E-state index contributed by atoms with van der Waals surface area (Å²) in [4.78, 5) is 30.2. The molecule has 0 radical (unpaired) electrons. The lowest BCUT2D eigenvalue weighted by Crippen LogP contribution is -2.45. The third-order valence-electron chi connectivity index (χ3n) is 7.81. The van der Waals surface area contributed by atoms with Gasteiger partial charge in [0.1, 0.15) is 0 Å². The van der Waals surface area contributed by atoms with E-state index < -0.39 is 0 Å². The van der Waals surface area contributed by atoms with Crippen molar-refractivity contribution in [3.63, 3.8) is 0 Å². The molecule has 4 heteroatoms. The van der Waals surface area contributed by atoms with E-state index in [0.29, 0.717) is 30.3 Å². The summed E-state index contributed by atoms with van der Waals surface area (Å²) >= 11 is 0. The Morgan fingerprint density at radius 2 is 1.21 bits per heavy atom. The van der Waals surface area contributed by atoms with Crippen LogP contribution in [-0.2, 0) is 9.59 Å². The first kappa shape index (κ1) is 22.6. The van der Waals surface area contributed by atoms with E-state index >= 15 is 0 Å². The summed E-state index contributed by atoms with van der Waals surface area (Å²) in [6.45, 7) is 0.862. The second-order valence-electron chi connectivity index (χ2n) is 9.91. The molecule has 3 saturated carbocycles. The van der Waals surface area contributed by atoms with Crippen LogP contribution < -0.4 is 0 Å². The smallest absolute Gasteiger partial charge is 0.225 e. The number of carbonyl (C=O) groups is 2. The van der Waals surface area contributed by atoms with Crippen LogP contribution in [0.3, 0.4) is 0 Å². The fourth-order valence-corrected chi connectivity index (χ4v) is 5.86. The van der Waals surface area contributed by atoms with Crippen molar-refractivity contribution in [2.24, 2.45) is 5.92 Å². The zero-order valence-electron chi connectivity index (χ0n) is 18.9. The van der Waals surface area contributed by atoms with E-state index in [9.17, 15) is 9.59 Å². The normalized spacial score (nSPS) is 22.4. The van der Waals surface area contributed by atoms with Gasteiger partial charge in [0.15, 0.2) is 0 Å². The molecule has 0 aliphatic heterocycles. The quantitative estimate of drug-likeness (QED) is 0.488. The molecule has 0 aromatic heterocycles. The first-order valence-electron chi connectivity index (χ1n) is 12.7. The predicted octanol–water partition coefficient (Wildman–Crippen LogP) is 5.69. The molecule has 0 spiro atoms. The zero-order valence-corrected chi connectivity index (χ0v) is 18.9. The van der Waals surface area contributed by atoms with Gasteiger partial charge in [-0.25, -0.2) is 0 Å². The van der Waals surface area contributed by atoms with Crippen molar-refractivity contribution in [3.8, 4) is 0 Å². The van der Waals surface area contributed by atoms with E-state index in [1.54, 1.807) is 0 Å². The Morgan fingerprint density at radius 3 is 1.79 bits per heavy atom. The second-order valence-corrected chi connectivity index (χ2v) is 9.91. The maximum atomic E-state index is 13.3. The molecule has 0 unspecified atom stereocenters. The Bertz CT molecular complexity index is 503. The third-order valence-corrected chi connectivity index (χ3v) is 7.81. The van der Waals surface area contributed by atoms with Crippen molar-refractivity contribution in [2.75, 3.05) is 13.6 Å². The first-order valence-corrected chi connectivity index (χ1v) is 12.7. The van der Waals surface area contributed by atoms with Gasteiger partial charge in [-0.05, 0) is 51.4 Å². The summed E-state index contributed by atoms with van der Waals surface area (Å²) in [5, 5.41) is 0. The summed E-state index contributed by atoms with van der Waals surface area (Å²) in [5.41, 5.74) is 0. The Morgan fingerprint density at radius 1 is 0.690 bits per heavy atom. The lowest BCUT2D eigenvalue weighted by atomic mass is 9.86. The van der Waals surface area contributed by atoms with Crippen molar-refractivity contribution < 1.29 is 9.59 Å². The number of carbonyl (C=O) groups excluding carboxylic acids is 2. The van der Waals surface area contributed by atoms with Gasteiger partial charge in [-0.2, -0.15) is 0 Å². The molecule has 29 heavy (non-hydrogen) atoms. The van der Waals surface area contributed by atoms with E-state index in [1.807, 2.05) is 11.9 Å². The molecule has 3 aliphatic carbocycles. The number of amides is 2. The fourth-order valence-electron chi connectivity index (χ4n) is 5.86. The topological polar surface area (TPSA) is 40.6 Å². The van der Waals surface area contributed by atoms with Crippen molar-refractivity contribution in [3.05, 3.63) is 0 Å². The molecule has 0 bridgehead atoms. The minimum atomic E-state index is 0.268. The number of unbranched alkanes of at least 4 members (excludes halogenated alkanes) is 1. The molecule has 166 valence electrons. The molecule has 0 N–H and O–H groups in total. The molecular weight excluding hydrogens is 360 g/mol. The van der Waals surface area contributed by atoms with Crippen molar-refractivity contribution >= 4 is 11.8 Å². The average Bonchev–Trinajstić information content (AvgIpc) is 2.79. The minimum Gasteiger partial charge on any atom is -0.343 e. The molecule has 0 saturated heterocycles. The highest BCUT2D eigenvalue weighted by Gasteiger charge is 2.31. The molecule has 4 nitrogen and oxygen atoms in total. The molecule has 0 aromatic rings. The van der Waals surface area contributed by atoms with Gasteiger partial charge in [0.25, 0.3) is 0 Å². The lowest BCUT2D eigenvalue weighted by Gasteiger charge is -2.37. The van der Waals surface area contributed by atoms with Gasteiger partial charge in [-0.15, -0.1) is 0 Å². The van der Waals surface area contributed by atoms with E-state index in [2.05, 4.69) is 4.90 Å². The molecule has 0 aromatic carbocycles. The number of nitrogens with zero attached hydrogens (tertiary/aromatic N) is 2. The number of rotatable bonds is 8. The van der Waals surface area contributed by atoms with Crippen LogP contribution >= 0.6 is 0 Å². The van der Waals surface area contributed by atoms with Gasteiger partial charge in [0.05, 0.1) is 0 Å². The lowest BCUT2D eigenvalue weighted by molar-refractivity contribution is -0.139. The maximum Gasteiger partial charge on any atom is 0.225 e. The van der Waals surface area contributed by atoms with E-state index in [1.165, 1.54) is 83.5 Å². The zero-order chi connectivity index (χ0) is 20.5.